The fourth-order valence-corrected chi connectivity index (χ4v) is 4.24. The van der Waals surface area contributed by atoms with Crippen LogP contribution >= 0.6 is 24.0 Å². The maximum Gasteiger partial charge on any atom is 0.266 e. The molecule has 2 aliphatic heterocycles. The second-order valence-electron chi connectivity index (χ2n) is 6.78. The maximum absolute atomic E-state index is 12.8. The van der Waals surface area contributed by atoms with E-state index in [1.807, 2.05) is 36.4 Å². The van der Waals surface area contributed by atoms with E-state index in [9.17, 15) is 4.79 Å². The normalized spacial score (nSPS) is 17.4. The van der Waals surface area contributed by atoms with Crippen molar-refractivity contribution in [3.05, 3.63) is 64.1 Å². The first-order chi connectivity index (χ1) is 13.0. The second kappa shape index (κ2) is 7.37. The Morgan fingerprint density at radius 1 is 1.15 bits per heavy atom. The van der Waals surface area contributed by atoms with Gasteiger partial charge >= 0.3 is 0 Å². The van der Waals surface area contributed by atoms with E-state index in [4.69, 9.17) is 21.7 Å². The van der Waals surface area contributed by atoms with E-state index in [1.165, 1.54) is 17.3 Å². The van der Waals surface area contributed by atoms with Gasteiger partial charge in [0.2, 0.25) is 6.79 Å². The van der Waals surface area contributed by atoms with Crippen LogP contribution in [-0.2, 0) is 11.3 Å². The molecule has 2 aliphatic rings. The summed E-state index contributed by atoms with van der Waals surface area (Å²) in [7, 11) is 0. The van der Waals surface area contributed by atoms with Crippen LogP contribution in [0.1, 0.15) is 36.5 Å². The van der Waals surface area contributed by atoms with Gasteiger partial charge in [0.1, 0.15) is 4.32 Å². The Bertz CT molecular complexity index is 935. The molecule has 4 rings (SSSR count). The molecule has 4 nitrogen and oxygen atoms in total. The maximum atomic E-state index is 12.8. The van der Waals surface area contributed by atoms with Crippen LogP contribution < -0.4 is 9.47 Å². The first-order valence-electron chi connectivity index (χ1n) is 8.75. The summed E-state index contributed by atoms with van der Waals surface area (Å²) < 4.78 is 11.3. The Morgan fingerprint density at radius 3 is 2.63 bits per heavy atom. The van der Waals surface area contributed by atoms with E-state index in [2.05, 4.69) is 26.0 Å². The Morgan fingerprint density at radius 2 is 1.89 bits per heavy atom. The number of thioether (sulfide) groups is 1. The fourth-order valence-electron chi connectivity index (χ4n) is 2.99. The SMILES string of the molecule is CC(C)c1ccc(C=C2SC(=S)N(Cc3ccc4c(c3)OCO4)C2=O)cc1. The molecule has 0 aromatic heterocycles. The molecule has 0 spiro atoms. The quantitative estimate of drug-likeness (QED) is 0.540. The van der Waals surface area contributed by atoms with Crippen molar-refractivity contribution in [3.63, 3.8) is 0 Å². The minimum atomic E-state index is -0.0596. The number of benzene rings is 2. The van der Waals surface area contributed by atoms with Crippen molar-refractivity contribution < 1.29 is 14.3 Å². The molecule has 2 aromatic carbocycles. The third kappa shape index (κ3) is 3.73. The molecule has 138 valence electrons. The Balaban J connectivity index is 1.51. The number of nitrogens with zero attached hydrogens (tertiary/aromatic N) is 1. The van der Waals surface area contributed by atoms with Crippen molar-refractivity contribution in [2.24, 2.45) is 0 Å². The molecule has 0 aliphatic carbocycles. The summed E-state index contributed by atoms with van der Waals surface area (Å²) in [5, 5.41) is 0. The monoisotopic (exact) mass is 397 g/mol. The summed E-state index contributed by atoms with van der Waals surface area (Å²) in [6.45, 7) is 4.98. The summed E-state index contributed by atoms with van der Waals surface area (Å²) >= 11 is 6.78. The number of amides is 1. The van der Waals surface area contributed by atoms with Crippen LogP contribution in [0.15, 0.2) is 47.4 Å². The topological polar surface area (TPSA) is 38.8 Å². The van der Waals surface area contributed by atoms with Crippen molar-refractivity contribution in [1.82, 2.24) is 4.90 Å². The van der Waals surface area contributed by atoms with E-state index in [1.54, 1.807) is 4.90 Å². The van der Waals surface area contributed by atoms with Crippen LogP contribution in [0.3, 0.4) is 0 Å². The molecular formula is C21H19NO3S2. The number of rotatable bonds is 4. The molecule has 2 aromatic rings. The third-order valence-electron chi connectivity index (χ3n) is 4.55. The number of thiocarbonyl (C=S) groups is 1. The summed E-state index contributed by atoms with van der Waals surface area (Å²) in [5.41, 5.74) is 3.24. The largest absolute Gasteiger partial charge is 0.454 e. The lowest BCUT2D eigenvalue weighted by atomic mass is 10.0. The van der Waals surface area contributed by atoms with E-state index in [-0.39, 0.29) is 12.7 Å². The predicted molar refractivity (Wildman–Crippen MR) is 112 cm³/mol. The van der Waals surface area contributed by atoms with Crippen LogP contribution in [-0.4, -0.2) is 21.9 Å². The van der Waals surface area contributed by atoms with Gasteiger partial charge in [-0.05, 0) is 40.8 Å². The molecule has 0 radical (unpaired) electrons. The molecule has 6 heteroatoms. The lowest BCUT2D eigenvalue weighted by molar-refractivity contribution is -0.122. The highest BCUT2D eigenvalue weighted by molar-refractivity contribution is 8.26. The average molecular weight is 398 g/mol. The number of fused-ring (bicyclic) bond motifs is 1. The number of hydrogen-bond acceptors (Lipinski definition) is 5. The molecule has 1 fully saturated rings. The first kappa shape index (κ1) is 18.1. The van der Waals surface area contributed by atoms with Crippen molar-refractivity contribution in [3.8, 4) is 11.5 Å². The van der Waals surface area contributed by atoms with Gasteiger partial charge in [-0.3, -0.25) is 9.69 Å². The smallest absolute Gasteiger partial charge is 0.266 e. The van der Waals surface area contributed by atoms with E-state index in [0.717, 1.165) is 16.9 Å². The molecule has 0 unspecified atom stereocenters. The summed E-state index contributed by atoms with van der Waals surface area (Å²) in [4.78, 5) is 15.1. The summed E-state index contributed by atoms with van der Waals surface area (Å²) in [6.07, 6.45) is 1.91. The van der Waals surface area contributed by atoms with Gasteiger partial charge in [-0.1, -0.05) is 68.2 Å². The highest BCUT2D eigenvalue weighted by atomic mass is 32.2. The van der Waals surface area contributed by atoms with Gasteiger partial charge in [-0.25, -0.2) is 0 Å². The number of carbonyl (C=O) groups is 1. The Labute approximate surface area is 168 Å². The number of ether oxygens (including phenoxy) is 2. The lowest BCUT2D eigenvalue weighted by Gasteiger charge is -2.14. The Hall–Kier alpha value is -2.31. The molecule has 1 amide bonds. The molecule has 27 heavy (non-hydrogen) atoms. The lowest BCUT2D eigenvalue weighted by Crippen LogP contribution is -2.27. The summed E-state index contributed by atoms with van der Waals surface area (Å²) in [6, 6.07) is 14.0. The van der Waals surface area contributed by atoms with Gasteiger partial charge in [-0.2, -0.15) is 0 Å². The van der Waals surface area contributed by atoms with Crippen molar-refractivity contribution >= 4 is 40.3 Å². The second-order valence-corrected chi connectivity index (χ2v) is 8.45. The molecular weight excluding hydrogens is 378 g/mol. The van der Waals surface area contributed by atoms with Gasteiger partial charge in [0, 0.05) is 0 Å². The predicted octanol–water partition coefficient (Wildman–Crippen LogP) is 4.94. The van der Waals surface area contributed by atoms with Crippen LogP contribution in [0.4, 0.5) is 0 Å². The average Bonchev–Trinajstić information content (AvgIpc) is 3.22. The zero-order chi connectivity index (χ0) is 19.0. The molecule has 0 N–H and O–H groups in total. The minimum absolute atomic E-state index is 0.0596. The van der Waals surface area contributed by atoms with Crippen LogP contribution in [0.5, 0.6) is 11.5 Å². The summed E-state index contributed by atoms with van der Waals surface area (Å²) in [5.74, 6) is 1.86. The van der Waals surface area contributed by atoms with Gasteiger partial charge in [0.15, 0.2) is 11.5 Å². The number of hydrogen-bond donors (Lipinski definition) is 0. The molecule has 0 saturated carbocycles. The zero-order valence-electron chi connectivity index (χ0n) is 15.1. The Kier molecular flexibility index (Phi) is 4.93. The van der Waals surface area contributed by atoms with E-state index < -0.39 is 0 Å². The van der Waals surface area contributed by atoms with E-state index >= 15 is 0 Å². The van der Waals surface area contributed by atoms with Crippen LogP contribution in [0, 0.1) is 0 Å². The van der Waals surface area contributed by atoms with Crippen LogP contribution in [0.25, 0.3) is 6.08 Å². The van der Waals surface area contributed by atoms with Crippen molar-refractivity contribution in [1.29, 1.82) is 0 Å². The van der Waals surface area contributed by atoms with Crippen LogP contribution in [0.2, 0.25) is 0 Å². The van der Waals surface area contributed by atoms with Gasteiger partial charge < -0.3 is 9.47 Å². The first-order valence-corrected chi connectivity index (χ1v) is 9.97. The molecule has 0 atom stereocenters. The van der Waals surface area contributed by atoms with Gasteiger partial charge in [0.25, 0.3) is 5.91 Å². The van der Waals surface area contributed by atoms with Crippen molar-refractivity contribution in [2.45, 2.75) is 26.3 Å². The van der Waals surface area contributed by atoms with Crippen molar-refractivity contribution in [2.75, 3.05) is 6.79 Å². The third-order valence-corrected chi connectivity index (χ3v) is 5.93. The highest BCUT2D eigenvalue weighted by Gasteiger charge is 2.32. The highest BCUT2D eigenvalue weighted by Crippen LogP contribution is 2.36. The van der Waals surface area contributed by atoms with Gasteiger partial charge in [-0.15, -0.1) is 0 Å². The fraction of sp³-hybridized carbons (Fsp3) is 0.238. The minimum Gasteiger partial charge on any atom is -0.454 e. The number of carbonyl (C=O) groups excluding carboxylic acids is 1. The standard InChI is InChI=1S/C21H19NO3S2/c1-13(2)16-6-3-14(4-7-16)10-19-20(23)22(21(26)27-19)11-15-5-8-17-18(9-15)25-12-24-17/h3-10,13H,11-12H2,1-2H3. The molecule has 2 heterocycles. The molecule has 0 bridgehead atoms. The van der Waals surface area contributed by atoms with E-state index in [0.29, 0.717) is 27.4 Å². The zero-order valence-corrected chi connectivity index (χ0v) is 16.7. The molecule has 1 saturated heterocycles. The van der Waals surface area contributed by atoms with Gasteiger partial charge in [0.05, 0.1) is 11.4 Å².